The second-order valence-corrected chi connectivity index (χ2v) is 8.46. The van der Waals surface area contributed by atoms with Crippen LogP contribution >= 0.6 is 11.6 Å². The van der Waals surface area contributed by atoms with Crippen molar-refractivity contribution in [2.24, 2.45) is 5.92 Å². The number of benzene rings is 2. The topological polar surface area (TPSA) is 80.8 Å². The van der Waals surface area contributed by atoms with Gasteiger partial charge in [0, 0.05) is 43.0 Å². The molecular weight excluding hydrogens is 468 g/mol. The maximum absolute atomic E-state index is 14.5. The van der Waals surface area contributed by atoms with Crippen molar-refractivity contribution in [2.45, 2.75) is 0 Å². The number of carbonyl (C=O) groups is 2. The highest BCUT2D eigenvalue weighted by Crippen LogP contribution is 2.33. The van der Waals surface area contributed by atoms with Crippen LogP contribution in [0.15, 0.2) is 48.8 Å². The number of nitrogens with one attached hydrogen (secondary N) is 1. The molecule has 0 saturated carbocycles. The van der Waals surface area contributed by atoms with Crippen molar-refractivity contribution in [3.63, 3.8) is 0 Å². The molecule has 5 rings (SSSR count). The van der Waals surface area contributed by atoms with Crippen LogP contribution < -0.4 is 14.8 Å². The van der Waals surface area contributed by atoms with Gasteiger partial charge in [0.2, 0.25) is 0 Å². The largest absolute Gasteiger partial charge is 0.490 e. The van der Waals surface area contributed by atoms with Crippen molar-refractivity contribution in [1.82, 2.24) is 9.88 Å². The van der Waals surface area contributed by atoms with Crippen LogP contribution in [0, 0.1) is 17.6 Å². The Labute approximate surface area is 198 Å². The van der Waals surface area contributed by atoms with Crippen LogP contribution in [-0.2, 0) is 4.79 Å². The maximum Gasteiger partial charge on any atom is 0.262 e. The molecule has 1 aromatic heterocycles. The van der Waals surface area contributed by atoms with E-state index in [1.807, 2.05) is 0 Å². The third-order valence-corrected chi connectivity index (χ3v) is 5.97. The fourth-order valence-electron chi connectivity index (χ4n) is 3.88. The highest BCUT2D eigenvalue weighted by atomic mass is 35.5. The highest BCUT2D eigenvalue weighted by molar-refractivity contribution is 6.33. The molecule has 1 fully saturated rings. The number of aromatic nitrogens is 1. The molecule has 174 valence electrons. The minimum absolute atomic E-state index is 0.0265. The molecule has 1 saturated heterocycles. The first-order valence-corrected chi connectivity index (χ1v) is 10.8. The summed E-state index contributed by atoms with van der Waals surface area (Å²) in [5, 5.41) is 2.98. The number of rotatable bonds is 5. The van der Waals surface area contributed by atoms with Crippen LogP contribution in [-0.4, -0.2) is 48.0 Å². The molecule has 0 radical (unpaired) electrons. The first-order valence-electron chi connectivity index (χ1n) is 10.5. The van der Waals surface area contributed by atoms with E-state index in [4.69, 9.17) is 21.1 Å². The van der Waals surface area contributed by atoms with Crippen molar-refractivity contribution < 1.29 is 27.8 Å². The van der Waals surface area contributed by atoms with E-state index in [0.29, 0.717) is 29.2 Å². The van der Waals surface area contributed by atoms with Gasteiger partial charge in [0.05, 0.1) is 22.9 Å². The van der Waals surface area contributed by atoms with Crippen LogP contribution in [0.3, 0.4) is 0 Å². The predicted octanol–water partition coefficient (Wildman–Crippen LogP) is 4.16. The lowest BCUT2D eigenvalue weighted by atomic mass is 9.99. The van der Waals surface area contributed by atoms with Gasteiger partial charge in [0.15, 0.2) is 18.2 Å². The highest BCUT2D eigenvalue weighted by Gasteiger charge is 2.34. The Morgan fingerprint density at radius 3 is 2.79 bits per heavy atom. The van der Waals surface area contributed by atoms with Crippen molar-refractivity contribution in [1.29, 1.82) is 0 Å². The van der Waals surface area contributed by atoms with Crippen molar-refractivity contribution in [3.05, 3.63) is 71.0 Å². The van der Waals surface area contributed by atoms with Gasteiger partial charge in [0.25, 0.3) is 11.8 Å². The van der Waals surface area contributed by atoms with Gasteiger partial charge in [-0.15, -0.1) is 0 Å². The third-order valence-electron chi connectivity index (χ3n) is 5.67. The number of fused-ring (bicyclic) bond motifs is 1. The summed E-state index contributed by atoms with van der Waals surface area (Å²) in [5.74, 6) is -1.88. The molecule has 10 heteroatoms. The summed E-state index contributed by atoms with van der Waals surface area (Å²) < 4.78 is 39.7. The second-order valence-electron chi connectivity index (χ2n) is 8.05. The Kier molecular flexibility index (Phi) is 5.79. The minimum atomic E-state index is -0.726. The van der Waals surface area contributed by atoms with Crippen molar-refractivity contribution in [3.8, 4) is 22.6 Å². The Morgan fingerprint density at radius 2 is 2.03 bits per heavy atom. The molecule has 2 aliphatic heterocycles. The summed E-state index contributed by atoms with van der Waals surface area (Å²) in [4.78, 5) is 29.6. The number of halogens is 3. The van der Waals surface area contributed by atoms with Gasteiger partial charge >= 0.3 is 0 Å². The van der Waals surface area contributed by atoms with E-state index in [0.717, 1.165) is 6.07 Å². The third kappa shape index (κ3) is 4.26. The molecule has 0 atom stereocenters. The number of nitrogens with zero attached hydrogens (tertiary/aromatic N) is 2. The van der Waals surface area contributed by atoms with Gasteiger partial charge in [-0.25, -0.2) is 8.78 Å². The van der Waals surface area contributed by atoms with E-state index >= 15 is 0 Å². The molecule has 3 heterocycles. The van der Waals surface area contributed by atoms with Crippen LogP contribution in [0.5, 0.6) is 11.5 Å². The summed E-state index contributed by atoms with van der Waals surface area (Å²) in [6.45, 7) is 0.677. The van der Waals surface area contributed by atoms with Crippen LogP contribution in [0.25, 0.3) is 11.1 Å². The number of likely N-dealkylation sites (tertiary alicyclic amines) is 1. The van der Waals surface area contributed by atoms with Gasteiger partial charge < -0.3 is 19.7 Å². The zero-order chi connectivity index (χ0) is 23.8. The van der Waals surface area contributed by atoms with Crippen LogP contribution in [0.1, 0.15) is 10.4 Å². The number of carbonyl (C=O) groups excluding carboxylic acids is 2. The fraction of sp³-hybridized carbons (Fsp3) is 0.208. The molecule has 3 aromatic rings. The summed E-state index contributed by atoms with van der Waals surface area (Å²) in [5.41, 5.74) is 1.37. The molecule has 7 nitrogen and oxygen atoms in total. The van der Waals surface area contributed by atoms with Gasteiger partial charge in [0.1, 0.15) is 11.6 Å². The zero-order valence-corrected chi connectivity index (χ0v) is 18.4. The first kappa shape index (κ1) is 22.1. The van der Waals surface area contributed by atoms with Crippen LogP contribution in [0.2, 0.25) is 5.02 Å². The van der Waals surface area contributed by atoms with Gasteiger partial charge in [-0.05, 0) is 29.8 Å². The Hall–Kier alpha value is -3.72. The average Bonchev–Trinajstić information content (AvgIpc) is 2.79. The van der Waals surface area contributed by atoms with E-state index in [1.54, 1.807) is 18.3 Å². The number of pyridine rings is 1. The SMILES string of the molecule is O=C1COc2cc(F)c(C(=O)N3CC(COc4ccc(-c5ccncc5Cl)cc4F)C3)cc2N1. The Bertz CT molecular complexity index is 1300. The molecule has 2 aliphatic rings. The summed E-state index contributed by atoms with van der Waals surface area (Å²) in [7, 11) is 0. The second kappa shape index (κ2) is 8.90. The molecule has 1 N–H and O–H groups in total. The van der Waals surface area contributed by atoms with E-state index in [1.165, 1.54) is 29.3 Å². The monoisotopic (exact) mass is 485 g/mol. The molecule has 0 unspecified atom stereocenters. The normalized spacial score (nSPS) is 15.1. The lowest BCUT2D eigenvalue weighted by Gasteiger charge is -2.39. The standard InChI is InChI=1S/C24H18ClF2N3O4/c25-17-8-28-4-3-15(17)14-1-2-21(19(27)5-14)33-11-13-9-30(10-13)24(32)16-6-20-22(7-18(16)26)34-12-23(31)29-20/h1-8,13H,9-12H2,(H,29,31). The molecule has 34 heavy (non-hydrogen) atoms. The number of hydrogen-bond donors (Lipinski definition) is 1. The molecule has 0 spiro atoms. The fourth-order valence-corrected chi connectivity index (χ4v) is 4.11. The van der Waals surface area contributed by atoms with E-state index in [-0.39, 0.29) is 47.8 Å². The van der Waals surface area contributed by atoms with Gasteiger partial charge in [-0.3, -0.25) is 14.6 Å². The van der Waals surface area contributed by atoms with E-state index in [9.17, 15) is 18.4 Å². The number of amides is 2. The van der Waals surface area contributed by atoms with Gasteiger partial charge in [-0.1, -0.05) is 17.7 Å². The molecule has 2 amide bonds. The maximum atomic E-state index is 14.5. The molecule has 0 bridgehead atoms. The summed E-state index contributed by atoms with van der Waals surface area (Å²) in [6, 6.07) is 8.64. The Morgan fingerprint density at radius 1 is 1.21 bits per heavy atom. The average molecular weight is 486 g/mol. The van der Waals surface area contributed by atoms with Crippen molar-refractivity contribution in [2.75, 3.05) is 31.6 Å². The van der Waals surface area contributed by atoms with Gasteiger partial charge in [-0.2, -0.15) is 0 Å². The zero-order valence-electron chi connectivity index (χ0n) is 17.7. The minimum Gasteiger partial charge on any atom is -0.490 e. The Balaban J connectivity index is 1.18. The molecule has 0 aliphatic carbocycles. The quantitative estimate of drug-likeness (QED) is 0.587. The van der Waals surface area contributed by atoms with E-state index in [2.05, 4.69) is 10.3 Å². The summed E-state index contributed by atoms with van der Waals surface area (Å²) in [6.07, 6.45) is 3.07. The molecule has 2 aromatic carbocycles. The van der Waals surface area contributed by atoms with Crippen molar-refractivity contribution >= 4 is 29.1 Å². The van der Waals surface area contributed by atoms with Crippen LogP contribution in [0.4, 0.5) is 14.5 Å². The smallest absolute Gasteiger partial charge is 0.262 e. The molecular formula is C24H18ClF2N3O4. The first-order chi connectivity index (χ1) is 16.4. The number of ether oxygens (including phenoxy) is 2. The van der Waals surface area contributed by atoms with E-state index < -0.39 is 17.5 Å². The number of anilines is 1. The summed E-state index contributed by atoms with van der Waals surface area (Å²) >= 11 is 6.12. The lowest BCUT2D eigenvalue weighted by Crippen LogP contribution is -2.52. The number of hydrogen-bond acceptors (Lipinski definition) is 5. The predicted molar refractivity (Wildman–Crippen MR) is 120 cm³/mol. The lowest BCUT2D eigenvalue weighted by molar-refractivity contribution is -0.118.